The number of hydrogen-bond acceptors (Lipinski definition) is 1. The number of nitrogens with one attached hydrogen (secondary N) is 1. The van der Waals surface area contributed by atoms with Gasteiger partial charge in [0.15, 0.2) is 16.4 Å². The number of aromatic amines is 1. The summed E-state index contributed by atoms with van der Waals surface area (Å²) in [6.45, 7) is 0.279. The molecule has 0 saturated heterocycles. The number of aromatic nitrogens is 2. The first-order valence-electron chi connectivity index (χ1n) is 5.86. The Labute approximate surface area is 117 Å². The van der Waals surface area contributed by atoms with Gasteiger partial charge in [-0.3, -0.25) is 0 Å². The molecule has 6 heteroatoms. The maximum absolute atomic E-state index is 13.2. The molecule has 3 aromatic rings. The lowest BCUT2D eigenvalue weighted by Crippen LogP contribution is -2.00. The molecule has 0 spiro atoms. The molecule has 20 heavy (non-hydrogen) atoms. The monoisotopic (exact) mass is 294 g/mol. The Morgan fingerprint density at radius 2 is 1.80 bits per heavy atom. The maximum Gasteiger partial charge on any atom is 0.178 e. The molecule has 0 fully saturated rings. The summed E-state index contributed by atoms with van der Waals surface area (Å²) in [6.07, 6.45) is 0. The van der Waals surface area contributed by atoms with Crippen LogP contribution in [0.15, 0.2) is 36.4 Å². The predicted octanol–water partition coefficient (Wildman–Crippen LogP) is 4.16. The molecule has 0 atom stereocenters. The molecule has 2 aromatic carbocycles. The Hall–Kier alpha value is -2.08. The third kappa shape index (κ3) is 2.22. The minimum absolute atomic E-state index is 0.279. The van der Waals surface area contributed by atoms with Gasteiger partial charge in [-0.1, -0.05) is 6.07 Å². The van der Waals surface area contributed by atoms with Gasteiger partial charge in [0.25, 0.3) is 0 Å². The molecule has 0 saturated carbocycles. The van der Waals surface area contributed by atoms with Gasteiger partial charge in [0.05, 0.1) is 17.6 Å². The van der Waals surface area contributed by atoms with Gasteiger partial charge in [0.1, 0.15) is 5.82 Å². The summed E-state index contributed by atoms with van der Waals surface area (Å²) in [7, 11) is 0. The van der Waals surface area contributed by atoms with E-state index in [1.165, 1.54) is 18.2 Å². The summed E-state index contributed by atoms with van der Waals surface area (Å²) in [5.41, 5.74) is 1.85. The first-order chi connectivity index (χ1) is 9.54. The molecule has 0 aliphatic heterocycles. The molecule has 0 aliphatic carbocycles. The molecule has 1 heterocycles. The zero-order chi connectivity index (χ0) is 14.3. The van der Waals surface area contributed by atoms with Crippen molar-refractivity contribution in [3.63, 3.8) is 0 Å². The largest absolute Gasteiger partial charge is 0.330 e. The van der Waals surface area contributed by atoms with Gasteiger partial charge in [0, 0.05) is 0 Å². The molecule has 1 N–H and O–H groups in total. The van der Waals surface area contributed by atoms with Crippen molar-refractivity contribution in [2.75, 3.05) is 0 Å². The van der Waals surface area contributed by atoms with Crippen molar-refractivity contribution < 1.29 is 13.2 Å². The van der Waals surface area contributed by atoms with E-state index in [-0.39, 0.29) is 12.4 Å². The van der Waals surface area contributed by atoms with Crippen LogP contribution in [0, 0.1) is 22.2 Å². The summed E-state index contributed by atoms with van der Waals surface area (Å²) in [5, 5.41) is 0. The van der Waals surface area contributed by atoms with E-state index in [2.05, 4.69) is 4.98 Å². The summed E-state index contributed by atoms with van der Waals surface area (Å²) in [5.74, 6) is -2.16. The van der Waals surface area contributed by atoms with Gasteiger partial charge < -0.3 is 9.55 Å². The zero-order valence-corrected chi connectivity index (χ0v) is 11.0. The van der Waals surface area contributed by atoms with E-state index in [4.69, 9.17) is 12.2 Å². The summed E-state index contributed by atoms with van der Waals surface area (Å²) >= 11 is 5.17. The van der Waals surface area contributed by atoms with E-state index in [1.54, 1.807) is 10.6 Å². The van der Waals surface area contributed by atoms with E-state index in [0.717, 1.165) is 12.1 Å². The van der Waals surface area contributed by atoms with Gasteiger partial charge >= 0.3 is 0 Å². The van der Waals surface area contributed by atoms with Gasteiger partial charge in [0.2, 0.25) is 0 Å². The third-order valence-corrected chi connectivity index (χ3v) is 3.38. The maximum atomic E-state index is 13.2. The smallest absolute Gasteiger partial charge is 0.178 e. The lowest BCUT2D eigenvalue weighted by atomic mass is 10.2. The average Bonchev–Trinajstić information content (AvgIpc) is 2.69. The topological polar surface area (TPSA) is 20.7 Å². The molecule has 2 nitrogen and oxygen atoms in total. The second-order valence-electron chi connectivity index (χ2n) is 4.43. The lowest BCUT2D eigenvalue weighted by Gasteiger charge is -2.05. The standard InChI is InChI=1S/C14H9F3N2S/c15-9-2-4-13-12(6-9)18-14(20)19(13)7-8-1-3-10(16)11(17)5-8/h1-6H,7H2,(H,18,20). The molecular weight excluding hydrogens is 285 g/mol. The quantitative estimate of drug-likeness (QED) is 0.704. The number of nitrogens with zero attached hydrogens (tertiary/aromatic N) is 1. The zero-order valence-electron chi connectivity index (χ0n) is 10.2. The van der Waals surface area contributed by atoms with Crippen LogP contribution in [0.2, 0.25) is 0 Å². The Bertz CT molecular complexity index is 851. The van der Waals surface area contributed by atoms with E-state index in [0.29, 0.717) is 21.4 Å². The number of rotatable bonds is 2. The molecule has 102 valence electrons. The molecule has 0 radical (unpaired) electrons. The van der Waals surface area contributed by atoms with E-state index < -0.39 is 11.6 Å². The Kier molecular flexibility index (Phi) is 3.10. The van der Waals surface area contributed by atoms with Crippen LogP contribution in [-0.4, -0.2) is 9.55 Å². The lowest BCUT2D eigenvalue weighted by molar-refractivity contribution is 0.506. The fourth-order valence-corrected chi connectivity index (χ4v) is 2.39. The Morgan fingerprint density at radius 3 is 2.55 bits per heavy atom. The Morgan fingerprint density at radius 1 is 1.00 bits per heavy atom. The van der Waals surface area contributed by atoms with Crippen LogP contribution in [0.4, 0.5) is 13.2 Å². The molecule has 1 aromatic heterocycles. The van der Waals surface area contributed by atoms with Crippen molar-refractivity contribution in [2.45, 2.75) is 6.54 Å². The number of H-pyrrole nitrogens is 1. The molecule has 0 amide bonds. The molecule has 0 bridgehead atoms. The van der Waals surface area contributed by atoms with Crippen molar-refractivity contribution in [1.29, 1.82) is 0 Å². The minimum Gasteiger partial charge on any atom is -0.330 e. The fraction of sp³-hybridized carbons (Fsp3) is 0.0714. The first-order valence-corrected chi connectivity index (χ1v) is 6.27. The average molecular weight is 294 g/mol. The number of fused-ring (bicyclic) bond motifs is 1. The SMILES string of the molecule is Fc1ccc2c(c1)[nH]c(=S)n2Cc1ccc(F)c(F)c1. The summed E-state index contributed by atoms with van der Waals surface area (Å²) in [6, 6.07) is 7.95. The normalized spacial score (nSPS) is 11.2. The fourth-order valence-electron chi connectivity index (χ4n) is 2.11. The second kappa shape index (κ2) is 4.79. The molecule has 0 unspecified atom stereocenters. The predicted molar refractivity (Wildman–Crippen MR) is 72.5 cm³/mol. The van der Waals surface area contributed by atoms with Crippen LogP contribution in [0.5, 0.6) is 0 Å². The molecular formula is C14H9F3N2S. The van der Waals surface area contributed by atoms with Crippen LogP contribution in [-0.2, 0) is 6.54 Å². The molecule has 3 rings (SSSR count). The third-order valence-electron chi connectivity index (χ3n) is 3.06. The van der Waals surface area contributed by atoms with Crippen molar-refractivity contribution in [3.05, 3.63) is 64.2 Å². The van der Waals surface area contributed by atoms with Gasteiger partial charge in [-0.25, -0.2) is 13.2 Å². The van der Waals surface area contributed by atoms with Gasteiger partial charge in [-0.05, 0) is 48.1 Å². The van der Waals surface area contributed by atoms with Crippen molar-refractivity contribution >= 4 is 23.3 Å². The van der Waals surface area contributed by atoms with Crippen LogP contribution < -0.4 is 0 Å². The van der Waals surface area contributed by atoms with Crippen molar-refractivity contribution in [1.82, 2.24) is 9.55 Å². The van der Waals surface area contributed by atoms with Crippen LogP contribution in [0.3, 0.4) is 0 Å². The second-order valence-corrected chi connectivity index (χ2v) is 4.81. The van der Waals surface area contributed by atoms with Crippen LogP contribution >= 0.6 is 12.2 Å². The highest BCUT2D eigenvalue weighted by molar-refractivity contribution is 7.71. The van der Waals surface area contributed by atoms with E-state index in [1.807, 2.05) is 0 Å². The van der Waals surface area contributed by atoms with Crippen LogP contribution in [0.1, 0.15) is 5.56 Å². The summed E-state index contributed by atoms with van der Waals surface area (Å²) < 4.78 is 41.4. The van der Waals surface area contributed by atoms with Gasteiger partial charge in [-0.2, -0.15) is 0 Å². The number of benzene rings is 2. The highest BCUT2D eigenvalue weighted by Crippen LogP contribution is 2.18. The first kappa shape index (κ1) is 12.9. The van der Waals surface area contributed by atoms with E-state index >= 15 is 0 Å². The number of hydrogen-bond donors (Lipinski definition) is 1. The summed E-state index contributed by atoms with van der Waals surface area (Å²) in [4.78, 5) is 2.88. The highest BCUT2D eigenvalue weighted by Gasteiger charge is 2.08. The molecule has 0 aliphatic rings. The number of imidazole rings is 1. The van der Waals surface area contributed by atoms with E-state index in [9.17, 15) is 13.2 Å². The minimum atomic E-state index is -0.903. The van der Waals surface area contributed by atoms with Crippen LogP contribution in [0.25, 0.3) is 11.0 Å². The Balaban J connectivity index is 2.08. The highest BCUT2D eigenvalue weighted by atomic mass is 32.1. The van der Waals surface area contributed by atoms with Crippen molar-refractivity contribution in [2.24, 2.45) is 0 Å². The van der Waals surface area contributed by atoms with Crippen molar-refractivity contribution in [3.8, 4) is 0 Å². The number of halogens is 3. The van der Waals surface area contributed by atoms with Gasteiger partial charge in [-0.15, -0.1) is 0 Å².